The van der Waals surface area contributed by atoms with Crippen LogP contribution < -0.4 is 21.7 Å². The van der Waals surface area contributed by atoms with Crippen molar-refractivity contribution in [3.8, 4) is 0 Å². The molecule has 0 saturated heterocycles. The zero-order chi connectivity index (χ0) is 14.1. The van der Waals surface area contributed by atoms with Gasteiger partial charge < -0.3 is 21.7 Å². The Morgan fingerprint density at radius 3 is 2.16 bits per heavy atom. The zero-order valence-corrected chi connectivity index (χ0v) is 11.0. The Balaban J connectivity index is 2.43. The second-order valence-corrected chi connectivity index (χ2v) is 4.08. The summed E-state index contributed by atoms with van der Waals surface area (Å²) in [6.07, 6.45) is 2.11. The van der Waals surface area contributed by atoms with Crippen LogP contribution in [0.4, 0.5) is 16.2 Å². The molecule has 0 unspecified atom stereocenters. The summed E-state index contributed by atoms with van der Waals surface area (Å²) in [7, 11) is 1.55. The van der Waals surface area contributed by atoms with Crippen molar-refractivity contribution in [1.29, 1.82) is 0 Å². The average molecular weight is 264 g/mol. The van der Waals surface area contributed by atoms with Crippen LogP contribution >= 0.6 is 0 Å². The first kappa shape index (κ1) is 15.0. The van der Waals surface area contributed by atoms with E-state index < -0.39 is 0 Å². The Morgan fingerprint density at radius 2 is 1.63 bits per heavy atom. The lowest BCUT2D eigenvalue weighted by atomic mass is 10.2. The highest BCUT2D eigenvalue weighted by Crippen LogP contribution is 2.13. The van der Waals surface area contributed by atoms with Crippen LogP contribution in [0, 0.1) is 0 Å². The van der Waals surface area contributed by atoms with Crippen molar-refractivity contribution in [2.24, 2.45) is 5.73 Å². The number of nitrogens with one attached hydrogen (secondary N) is 3. The lowest BCUT2D eigenvalue weighted by Gasteiger charge is -2.07. The van der Waals surface area contributed by atoms with E-state index in [4.69, 9.17) is 5.73 Å². The highest BCUT2D eigenvalue weighted by atomic mass is 16.2. The summed E-state index contributed by atoms with van der Waals surface area (Å²) in [4.78, 5) is 22.7. The molecule has 19 heavy (non-hydrogen) atoms. The van der Waals surface area contributed by atoms with Gasteiger partial charge in [0.2, 0.25) is 5.91 Å². The van der Waals surface area contributed by atoms with Gasteiger partial charge in [-0.1, -0.05) is 0 Å². The molecule has 1 rings (SSSR count). The van der Waals surface area contributed by atoms with Crippen LogP contribution in [0.25, 0.3) is 0 Å². The molecule has 0 heterocycles. The van der Waals surface area contributed by atoms with E-state index in [0.29, 0.717) is 24.3 Å². The SMILES string of the molecule is CNC(=O)Nc1ccc(NC(=O)CCCCN)cc1. The summed E-state index contributed by atoms with van der Waals surface area (Å²) in [6.45, 7) is 0.604. The fourth-order valence-corrected chi connectivity index (χ4v) is 1.48. The summed E-state index contributed by atoms with van der Waals surface area (Å²) >= 11 is 0. The van der Waals surface area contributed by atoms with Crippen molar-refractivity contribution in [3.63, 3.8) is 0 Å². The average Bonchev–Trinajstić information content (AvgIpc) is 2.41. The van der Waals surface area contributed by atoms with E-state index in [2.05, 4.69) is 16.0 Å². The van der Waals surface area contributed by atoms with Gasteiger partial charge in [-0.25, -0.2) is 4.79 Å². The fraction of sp³-hybridized carbons (Fsp3) is 0.385. The second-order valence-electron chi connectivity index (χ2n) is 4.08. The largest absolute Gasteiger partial charge is 0.341 e. The maximum Gasteiger partial charge on any atom is 0.318 e. The number of carbonyl (C=O) groups is 2. The number of amides is 3. The lowest BCUT2D eigenvalue weighted by molar-refractivity contribution is -0.116. The third kappa shape index (κ3) is 5.87. The zero-order valence-electron chi connectivity index (χ0n) is 11.0. The van der Waals surface area contributed by atoms with Gasteiger partial charge in [0.25, 0.3) is 0 Å². The molecule has 0 atom stereocenters. The van der Waals surface area contributed by atoms with Crippen molar-refractivity contribution < 1.29 is 9.59 Å². The lowest BCUT2D eigenvalue weighted by Crippen LogP contribution is -2.24. The number of nitrogens with two attached hydrogens (primary N) is 1. The topological polar surface area (TPSA) is 96.2 Å². The van der Waals surface area contributed by atoms with Crippen LogP contribution in [0.3, 0.4) is 0 Å². The summed E-state index contributed by atoms with van der Waals surface area (Å²) < 4.78 is 0. The normalized spacial score (nSPS) is 9.79. The molecular formula is C13H20N4O2. The van der Waals surface area contributed by atoms with Gasteiger partial charge in [0.1, 0.15) is 0 Å². The van der Waals surface area contributed by atoms with Crippen molar-refractivity contribution in [3.05, 3.63) is 24.3 Å². The number of anilines is 2. The smallest absolute Gasteiger partial charge is 0.318 e. The summed E-state index contributed by atoms with van der Waals surface area (Å²) in [6, 6.07) is 6.66. The van der Waals surface area contributed by atoms with Gasteiger partial charge in [0.15, 0.2) is 0 Å². The minimum atomic E-state index is -0.279. The van der Waals surface area contributed by atoms with Crippen molar-refractivity contribution in [1.82, 2.24) is 5.32 Å². The molecule has 1 aromatic rings. The predicted octanol–water partition coefficient (Wildman–Crippen LogP) is 1.51. The molecule has 0 saturated carbocycles. The van der Waals surface area contributed by atoms with Crippen LogP contribution in [-0.4, -0.2) is 25.5 Å². The summed E-state index contributed by atoms with van der Waals surface area (Å²) in [5, 5.41) is 7.88. The first-order chi connectivity index (χ1) is 9.15. The van der Waals surface area contributed by atoms with Crippen molar-refractivity contribution >= 4 is 23.3 Å². The van der Waals surface area contributed by atoms with Crippen LogP contribution in [0.15, 0.2) is 24.3 Å². The summed E-state index contributed by atoms with van der Waals surface area (Å²) in [5.41, 5.74) is 6.74. The van der Waals surface area contributed by atoms with Gasteiger partial charge >= 0.3 is 6.03 Å². The van der Waals surface area contributed by atoms with Crippen molar-refractivity contribution in [2.75, 3.05) is 24.2 Å². The summed E-state index contributed by atoms with van der Waals surface area (Å²) in [5.74, 6) is -0.0274. The molecule has 0 aliphatic rings. The number of unbranched alkanes of at least 4 members (excludes halogenated alkanes) is 1. The molecule has 0 fully saturated rings. The van der Waals surface area contributed by atoms with E-state index >= 15 is 0 Å². The van der Waals surface area contributed by atoms with Gasteiger partial charge in [-0.2, -0.15) is 0 Å². The third-order valence-corrected chi connectivity index (χ3v) is 2.51. The molecule has 1 aromatic carbocycles. The van der Waals surface area contributed by atoms with Crippen LogP contribution in [-0.2, 0) is 4.79 Å². The fourth-order valence-electron chi connectivity index (χ4n) is 1.48. The van der Waals surface area contributed by atoms with Crippen molar-refractivity contribution in [2.45, 2.75) is 19.3 Å². The molecule has 5 N–H and O–H groups in total. The molecule has 3 amide bonds. The number of carbonyl (C=O) groups excluding carboxylic acids is 2. The van der Waals surface area contributed by atoms with E-state index in [1.54, 1.807) is 31.3 Å². The maximum absolute atomic E-state index is 11.6. The van der Waals surface area contributed by atoms with E-state index in [9.17, 15) is 9.59 Å². The molecule has 0 spiro atoms. The van der Waals surface area contributed by atoms with E-state index in [1.165, 1.54) is 0 Å². The molecule has 6 heteroatoms. The van der Waals surface area contributed by atoms with Gasteiger partial charge in [-0.05, 0) is 43.7 Å². The van der Waals surface area contributed by atoms with Gasteiger partial charge in [0.05, 0.1) is 0 Å². The monoisotopic (exact) mass is 264 g/mol. The Morgan fingerprint density at radius 1 is 1.05 bits per heavy atom. The van der Waals surface area contributed by atoms with Crippen LogP contribution in [0.2, 0.25) is 0 Å². The second kappa shape index (κ2) is 8.10. The molecule has 6 nitrogen and oxygen atoms in total. The number of rotatable bonds is 6. The molecule has 0 aliphatic heterocycles. The van der Waals surface area contributed by atoms with Crippen LogP contribution in [0.5, 0.6) is 0 Å². The first-order valence-electron chi connectivity index (χ1n) is 6.24. The number of hydrogen-bond acceptors (Lipinski definition) is 3. The highest BCUT2D eigenvalue weighted by Gasteiger charge is 2.03. The van der Waals surface area contributed by atoms with E-state index in [-0.39, 0.29) is 11.9 Å². The number of urea groups is 1. The minimum Gasteiger partial charge on any atom is -0.341 e. The molecular weight excluding hydrogens is 244 g/mol. The van der Waals surface area contributed by atoms with Gasteiger partial charge in [-0.3, -0.25) is 4.79 Å². The molecule has 0 aliphatic carbocycles. The Bertz CT molecular complexity index is 417. The Kier molecular flexibility index (Phi) is 6.38. The minimum absolute atomic E-state index is 0.0274. The standard InChI is InChI=1S/C13H20N4O2/c1-15-13(19)17-11-7-5-10(6-8-11)16-12(18)4-2-3-9-14/h5-8H,2-4,9,14H2,1H3,(H,16,18)(H2,15,17,19). The first-order valence-corrected chi connectivity index (χ1v) is 6.24. The quantitative estimate of drug-likeness (QED) is 0.586. The van der Waals surface area contributed by atoms with E-state index in [1.807, 2.05) is 0 Å². The van der Waals surface area contributed by atoms with Gasteiger partial charge in [0, 0.05) is 24.8 Å². The number of hydrogen-bond donors (Lipinski definition) is 4. The highest BCUT2D eigenvalue weighted by molar-refractivity contribution is 5.92. The molecule has 0 bridgehead atoms. The van der Waals surface area contributed by atoms with Gasteiger partial charge in [-0.15, -0.1) is 0 Å². The maximum atomic E-state index is 11.6. The predicted molar refractivity (Wildman–Crippen MR) is 76.1 cm³/mol. The molecule has 0 radical (unpaired) electrons. The Hall–Kier alpha value is -2.08. The van der Waals surface area contributed by atoms with Crippen LogP contribution in [0.1, 0.15) is 19.3 Å². The van der Waals surface area contributed by atoms with E-state index in [0.717, 1.165) is 12.8 Å². The third-order valence-electron chi connectivity index (χ3n) is 2.51. The molecule has 104 valence electrons. The Labute approximate surface area is 112 Å². The molecule has 0 aromatic heterocycles. The number of benzene rings is 1.